The molecule has 74 valence electrons. The predicted octanol–water partition coefficient (Wildman–Crippen LogP) is 3.49. The van der Waals surface area contributed by atoms with Crippen LogP contribution in [0.25, 0.3) is 0 Å². The summed E-state index contributed by atoms with van der Waals surface area (Å²) in [6.07, 6.45) is 3.46. The van der Waals surface area contributed by atoms with E-state index in [0.29, 0.717) is 5.02 Å². The summed E-state index contributed by atoms with van der Waals surface area (Å²) in [6, 6.07) is 13.1. The molecule has 0 aliphatic heterocycles. The molecule has 0 aliphatic rings. The first kappa shape index (κ1) is 9.87. The van der Waals surface area contributed by atoms with Crippen LogP contribution in [-0.2, 0) is 0 Å². The van der Waals surface area contributed by atoms with Gasteiger partial charge >= 0.3 is 0 Å². The smallest absolute Gasteiger partial charge is 0.0812 e. The number of nitrogens with zero attached hydrogens (tertiary/aromatic N) is 2. The monoisotopic (exact) mass is 216 g/mol. The fraction of sp³-hybridized carbons (Fsp3) is 0. The molecular weight excluding hydrogens is 208 g/mol. The average molecular weight is 217 g/mol. The number of aliphatic imine (C=N–C) groups is 1. The lowest BCUT2D eigenvalue weighted by Crippen LogP contribution is -1.83. The second-order valence-corrected chi connectivity index (χ2v) is 3.43. The molecule has 0 saturated heterocycles. The molecule has 0 atom stereocenters. The van der Waals surface area contributed by atoms with Crippen molar-refractivity contribution in [1.82, 2.24) is 4.98 Å². The molecule has 1 aromatic heterocycles. The van der Waals surface area contributed by atoms with Crippen molar-refractivity contribution in [3.05, 3.63) is 59.4 Å². The van der Waals surface area contributed by atoms with Crippen LogP contribution in [0.2, 0.25) is 5.02 Å². The fourth-order valence-corrected chi connectivity index (χ4v) is 1.25. The van der Waals surface area contributed by atoms with Crippen molar-refractivity contribution in [2.45, 2.75) is 0 Å². The first-order chi connectivity index (χ1) is 7.34. The predicted molar refractivity (Wildman–Crippen MR) is 62.9 cm³/mol. The Labute approximate surface area is 93.3 Å². The molecule has 1 heterocycles. The molecule has 0 unspecified atom stereocenters. The summed E-state index contributed by atoms with van der Waals surface area (Å²) in [5.74, 6) is 0. The Bertz CT molecular complexity index is 449. The van der Waals surface area contributed by atoms with Gasteiger partial charge in [-0.3, -0.25) is 9.98 Å². The molecule has 2 nitrogen and oxygen atoms in total. The fourth-order valence-electron chi connectivity index (χ4n) is 1.12. The minimum Gasteiger partial charge on any atom is -0.255 e. The van der Waals surface area contributed by atoms with E-state index in [4.69, 9.17) is 11.6 Å². The van der Waals surface area contributed by atoms with Crippen LogP contribution in [0, 0.1) is 0 Å². The van der Waals surface area contributed by atoms with E-state index in [1.54, 1.807) is 12.4 Å². The van der Waals surface area contributed by atoms with Crippen LogP contribution in [0.5, 0.6) is 0 Å². The lowest BCUT2D eigenvalue weighted by atomic mass is 10.3. The molecule has 3 heteroatoms. The maximum atomic E-state index is 5.76. The second-order valence-electron chi connectivity index (χ2n) is 2.99. The number of rotatable bonds is 2. The SMILES string of the molecule is Clc1ccc(N=Cc2ccccn2)cc1. The molecule has 0 aliphatic carbocycles. The Balaban J connectivity index is 2.15. The van der Waals surface area contributed by atoms with Crippen molar-refractivity contribution in [3.8, 4) is 0 Å². The quantitative estimate of drug-likeness (QED) is 0.706. The first-order valence-electron chi connectivity index (χ1n) is 4.55. The van der Waals surface area contributed by atoms with E-state index in [9.17, 15) is 0 Å². The number of hydrogen-bond donors (Lipinski definition) is 0. The molecule has 0 radical (unpaired) electrons. The van der Waals surface area contributed by atoms with Crippen molar-refractivity contribution in [2.75, 3.05) is 0 Å². The summed E-state index contributed by atoms with van der Waals surface area (Å²) in [5, 5.41) is 0.715. The Morgan fingerprint density at radius 1 is 1.07 bits per heavy atom. The Hall–Kier alpha value is -1.67. The zero-order valence-corrected chi connectivity index (χ0v) is 8.72. The van der Waals surface area contributed by atoms with E-state index in [1.807, 2.05) is 42.5 Å². The maximum Gasteiger partial charge on any atom is 0.0812 e. The van der Waals surface area contributed by atoms with Crippen LogP contribution in [0.1, 0.15) is 5.69 Å². The minimum absolute atomic E-state index is 0.715. The highest BCUT2D eigenvalue weighted by Gasteiger charge is 1.89. The summed E-state index contributed by atoms with van der Waals surface area (Å²) in [4.78, 5) is 8.41. The van der Waals surface area contributed by atoms with Crippen LogP contribution >= 0.6 is 11.6 Å². The molecule has 0 N–H and O–H groups in total. The third-order valence-corrected chi connectivity index (χ3v) is 2.11. The summed E-state index contributed by atoms with van der Waals surface area (Å²) in [7, 11) is 0. The van der Waals surface area contributed by atoms with Gasteiger partial charge < -0.3 is 0 Å². The molecule has 15 heavy (non-hydrogen) atoms. The first-order valence-corrected chi connectivity index (χ1v) is 4.93. The maximum absolute atomic E-state index is 5.76. The number of pyridine rings is 1. The number of hydrogen-bond acceptors (Lipinski definition) is 2. The van der Waals surface area contributed by atoms with Gasteiger partial charge in [0.25, 0.3) is 0 Å². The second kappa shape index (κ2) is 4.71. The van der Waals surface area contributed by atoms with Gasteiger partial charge in [-0.05, 0) is 36.4 Å². The number of halogens is 1. The average Bonchev–Trinajstić information content (AvgIpc) is 2.30. The number of aromatic nitrogens is 1. The van der Waals surface area contributed by atoms with Crippen molar-refractivity contribution >= 4 is 23.5 Å². The van der Waals surface area contributed by atoms with Crippen molar-refractivity contribution < 1.29 is 0 Å². The van der Waals surface area contributed by atoms with Crippen molar-refractivity contribution in [2.24, 2.45) is 4.99 Å². The van der Waals surface area contributed by atoms with Gasteiger partial charge in [-0.25, -0.2) is 0 Å². The third kappa shape index (κ3) is 2.89. The molecule has 0 bridgehead atoms. The minimum atomic E-state index is 0.715. The largest absolute Gasteiger partial charge is 0.255 e. The normalized spacial score (nSPS) is 10.7. The Kier molecular flexibility index (Phi) is 3.10. The lowest BCUT2D eigenvalue weighted by molar-refractivity contribution is 1.30. The van der Waals surface area contributed by atoms with Crippen molar-refractivity contribution in [3.63, 3.8) is 0 Å². The molecular formula is C12H9ClN2. The van der Waals surface area contributed by atoms with E-state index >= 15 is 0 Å². The summed E-state index contributed by atoms with van der Waals surface area (Å²) in [6.45, 7) is 0. The van der Waals surface area contributed by atoms with Gasteiger partial charge in [0.2, 0.25) is 0 Å². The van der Waals surface area contributed by atoms with Gasteiger partial charge in [-0.2, -0.15) is 0 Å². The third-order valence-electron chi connectivity index (χ3n) is 1.86. The molecule has 1 aromatic carbocycles. The standard InChI is InChI=1S/C12H9ClN2/c13-10-4-6-11(7-5-10)15-9-12-3-1-2-8-14-12/h1-9H. The summed E-state index contributed by atoms with van der Waals surface area (Å²) < 4.78 is 0. The Morgan fingerprint density at radius 3 is 2.53 bits per heavy atom. The van der Waals surface area contributed by atoms with Gasteiger partial charge in [-0.15, -0.1) is 0 Å². The molecule has 0 saturated carbocycles. The summed E-state index contributed by atoms with van der Waals surface area (Å²) >= 11 is 5.76. The highest BCUT2D eigenvalue weighted by Crippen LogP contribution is 2.15. The van der Waals surface area contributed by atoms with Crippen LogP contribution in [0.3, 0.4) is 0 Å². The van der Waals surface area contributed by atoms with Gasteiger partial charge in [-0.1, -0.05) is 17.7 Å². The molecule has 2 rings (SSSR count). The van der Waals surface area contributed by atoms with E-state index in [-0.39, 0.29) is 0 Å². The van der Waals surface area contributed by atoms with Crippen molar-refractivity contribution in [1.29, 1.82) is 0 Å². The molecule has 0 spiro atoms. The van der Waals surface area contributed by atoms with Gasteiger partial charge in [0, 0.05) is 11.2 Å². The van der Waals surface area contributed by atoms with Gasteiger partial charge in [0.1, 0.15) is 0 Å². The van der Waals surface area contributed by atoms with Crippen LogP contribution in [0.4, 0.5) is 5.69 Å². The summed E-state index contributed by atoms with van der Waals surface area (Å²) in [5.41, 5.74) is 1.71. The van der Waals surface area contributed by atoms with Crippen LogP contribution in [0.15, 0.2) is 53.7 Å². The Morgan fingerprint density at radius 2 is 1.87 bits per heavy atom. The zero-order valence-electron chi connectivity index (χ0n) is 7.97. The molecule has 2 aromatic rings. The molecule has 0 amide bonds. The van der Waals surface area contributed by atoms with E-state index in [1.165, 1.54) is 0 Å². The lowest BCUT2D eigenvalue weighted by Gasteiger charge is -1.93. The van der Waals surface area contributed by atoms with E-state index in [0.717, 1.165) is 11.4 Å². The van der Waals surface area contributed by atoms with Gasteiger partial charge in [0.15, 0.2) is 0 Å². The zero-order chi connectivity index (χ0) is 10.5. The highest BCUT2D eigenvalue weighted by molar-refractivity contribution is 6.30. The highest BCUT2D eigenvalue weighted by atomic mass is 35.5. The number of benzene rings is 1. The van der Waals surface area contributed by atoms with E-state index < -0.39 is 0 Å². The topological polar surface area (TPSA) is 25.2 Å². The molecule has 0 fully saturated rings. The van der Waals surface area contributed by atoms with Crippen LogP contribution in [-0.4, -0.2) is 11.2 Å². The van der Waals surface area contributed by atoms with Gasteiger partial charge in [0.05, 0.1) is 17.6 Å². The van der Waals surface area contributed by atoms with E-state index in [2.05, 4.69) is 9.98 Å². The van der Waals surface area contributed by atoms with Crippen LogP contribution < -0.4 is 0 Å².